The fourth-order valence-corrected chi connectivity index (χ4v) is 2.57. The van der Waals surface area contributed by atoms with Crippen LogP contribution in [-0.4, -0.2) is 17.8 Å². The Morgan fingerprint density at radius 1 is 1.13 bits per heavy atom. The van der Waals surface area contributed by atoms with Gasteiger partial charge in [-0.1, -0.05) is 48.3 Å². The second-order valence-electron chi connectivity index (χ2n) is 5.34. The van der Waals surface area contributed by atoms with Crippen LogP contribution in [0.4, 0.5) is 0 Å². The van der Waals surface area contributed by atoms with E-state index in [1.165, 1.54) is 0 Å². The van der Waals surface area contributed by atoms with Crippen molar-refractivity contribution in [2.24, 2.45) is 0 Å². The molecule has 2 N–H and O–H groups in total. The molecule has 0 saturated carbocycles. The van der Waals surface area contributed by atoms with E-state index in [2.05, 4.69) is 5.32 Å². The van der Waals surface area contributed by atoms with Gasteiger partial charge in [0.15, 0.2) is 0 Å². The van der Waals surface area contributed by atoms with Crippen molar-refractivity contribution < 1.29 is 9.84 Å². The second-order valence-corrected chi connectivity index (χ2v) is 6.18. The third-order valence-corrected chi connectivity index (χ3v) is 4.23. The third-order valence-electron chi connectivity index (χ3n) is 3.64. The first kappa shape index (κ1) is 18.1. The van der Waals surface area contributed by atoms with Crippen molar-refractivity contribution in [2.45, 2.75) is 32.5 Å². The zero-order valence-corrected chi connectivity index (χ0v) is 14.6. The first-order chi connectivity index (χ1) is 11.1. The van der Waals surface area contributed by atoms with E-state index in [1.807, 2.05) is 37.3 Å². The van der Waals surface area contributed by atoms with Crippen LogP contribution in [0.5, 0.6) is 5.75 Å². The minimum atomic E-state index is 0.137. The summed E-state index contributed by atoms with van der Waals surface area (Å²) in [6.07, 6.45) is 0.902. The van der Waals surface area contributed by atoms with Gasteiger partial charge in [0.2, 0.25) is 0 Å². The molecule has 0 bridgehead atoms. The van der Waals surface area contributed by atoms with Crippen LogP contribution in [0.1, 0.15) is 24.5 Å². The summed E-state index contributed by atoms with van der Waals surface area (Å²) in [5, 5.41) is 13.7. The zero-order valence-electron chi connectivity index (χ0n) is 13.1. The fourth-order valence-electron chi connectivity index (χ4n) is 2.10. The van der Waals surface area contributed by atoms with E-state index in [0.717, 1.165) is 29.8 Å². The van der Waals surface area contributed by atoms with Gasteiger partial charge in [0.25, 0.3) is 0 Å². The summed E-state index contributed by atoms with van der Waals surface area (Å²) in [5.41, 5.74) is 2.05. The van der Waals surface area contributed by atoms with Gasteiger partial charge in [-0.05, 0) is 36.2 Å². The quantitative estimate of drug-likeness (QED) is 0.737. The van der Waals surface area contributed by atoms with E-state index in [1.54, 1.807) is 12.1 Å². The Kier molecular flexibility index (Phi) is 7.18. The number of hydrogen-bond acceptors (Lipinski definition) is 3. The van der Waals surface area contributed by atoms with Gasteiger partial charge in [-0.25, -0.2) is 0 Å². The lowest BCUT2D eigenvalue weighted by Gasteiger charge is -2.14. The summed E-state index contributed by atoms with van der Waals surface area (Å²) in [6.45, 7) is 3.32. The molecule has 1 atom stereocenters. The van der Waals surface area contributed by atoms with Crippen molar-refractivity contribution in [3.8, 4) is 5.75 Å². The first-order valence-electron chi connectivity index (χ1n) is 7.62. The van der Waals surface area contributed by atoms with Crippen LogP contribution in [-0.2, 0) is 13.2 Å². The number of halogens is 2. The number of nitrogens with one attached hydrogen (secondary N) is 1. The largest absolute Gasteiger partial charge is 0.489 e. The van der Waals surface area contributed by atoms with Crippen molar-refractivity contribution in [1.29, 1.82) is 0 Å². The summed E-state index contributed by atoms with van der Waals surface area (Å²) in [4.78, 5) is 0. The molecular formula is C18H21Cl2NO2. The van der Waals surface area contributed by atoms with Crippen molar-refractivity contribution in [3.05, 3.63) is 63.6 Å². The van der Waals surface area contributed by atoms with Crippen LogP contribution >= 0.6 is 23.2 Å². The predicted molar refractivity (Wildman–Crippen MR) is 95.2 cm³/mol. The minimum absolute atomic E-state index is 0.137. The Balaban J connectivity index is 1.87. The van der Waals surface area contributed by atoms with Crippen molar-refractivity contribution >= 4 is 23.2 Å². The summed E-state index contributed by atoms with van der Waals surface area (Å²) in [5.74, 6) is 0.786. The van der Waals surface area contributed by atoms with Gasteiger partial charge in [0, 0.05) is 28.2 Å². The van der Waals surface area contributed by atoms with E-state index in [4.69, 9.17) is 33.0 Å². The Labute approximate surface area is 147 Å². The molecule has 0 aliphatic carbocycles. The highest BCUT2D eigenvalue weighted by molar-refractivity contribution is 6.35. The lowest BCUT2D eigenvalue weighted by atomic mass is 10.2. The van der Waals surface area contributed by atoms with E-state index >= 15 is 0 Å². The molecule has 124 valence electrons. The molecule has 23 heavy (non-hydrogen) atoms. The molecule has 0 aliphatic heterocycles. The van der Waals surface area contributed by atoms with E-state index < -0.39 is 0 Å². The summed E-state index contributed by atoms with van der Waals surface area (Å²) in [6, 6.07) is 13.4. The van der Waals surface area contributed by atoms with Crippen LogP contribution in [0.2, 0.25) is 10.0 Å². The number of benzene rings is 2. The first-order valence-corrected chi connectivity index (χ1v) is 8.38. The monoisotopic (exact) mass is 353 g/mol. The van der Waals surface area contributed by atoms with Crippen LogP contribution in [0, 0.1) is 0 Å². The van der Waals surface area contributed by atoms with Gasteiger partial charge in [-0.3, -0.25) is 0 Å². The molecule has 0 saturated heterocycles. The lowest BCUT2D eigenvalue weighted by Crippen LogP contribution is -2.31. The summed E-state index contributed by atoms with van der Waals surface area (Å²) in [7, 11) is 0. The maximum absolute atomic E-state index is 9.16. The zero-order chi connectivity index (χ0) is 16.7. The highest BCUT2D eigenvalue weighted by Gasteiger charge is 2.05. The molecule has 5 heteroatoms. The average molecular weight is 354 g/mol. The van der Waals surface area contributed by atoms with E-state index in [9.17, 15) is 0 Å². The molecule has 2 rings (SSSR count). The predicted octanol–water partition coefficient (Wildman–Crippen LogP) is 4.43. The highest BCUT2D eigenvalue weighted by Crippen LogP contribution is 2.22. The van der Waals surface area contributed by atoms with Gasteiger partial charge >= 0.3 is 0 Å². The van der Waals surface area contributed by atoms with Gasteiger partial charge in [0.1, 0.15) is 12.4 Å². The van der Waals surface area contributed by atoms with Gasteiger partial charge in [-0.15, -0.1) is 0 Å². The maximum Gasteiger partial charge on any atom is 0.119 e. The molecular weight excluding hydrogens is 333 g/mol. The number of ether oxygens (including phenoxy) is 1. The number of aliphatic hydroxyl groups excluding tert-OH is 1. The topological polar surface area (TPSA) is 41.5 Å². The van der Waals surface area contributed by atoms with Gasteiger partial charge in [-0.2, -0.15) is 0 Å². The standard InChI is InChI=1S/C18H21Cl2NO2/c1-2-16(11-22)21-10-13-3-7-17(8-4-13)23-12-14-5-6-15(19)9-18(14)20/h3-9,16,21-22H,2,10-12H2,1H3. The van der Waals surface area contributed by atoms with Crippen molar-refractivity contribution in [1.82, 2.24) is 5.32 Å². The lowest BCUT2D eigenvalue weighted by molar-refractivity contribution is 0.238. The van der Waals surface area contributed by atoms with Crippen LogP contribution in [0.3, 0.4) is 0 Å². The minimum Gasteiger partial charge on any atom is -0.489 e. The van der Waals surface area contributed by atoms with E-state index in [0.29, 0.717) is 16.7 Å². The van der Waals surface area contributed by atoms with Crippen molar-refractivity contribution in [2.75, 3.05) is 6.61 Å². The normalized spacial score (nSPS) is 12.2. The van der Waals surface area contributed by atoms with Crippen LogP contribution in [0.15, 0.2) is 42.5 Å². The highest BCUT2D eigenvalue weighted by atomic mass is 35.5. The Bertz CT molecular complexity index is 613. The molecule has 0 amide bonds. The molecule has 1 unspecified atom stereocenters. The molecule has 0 spiro atoms. The molecule has 0 aliphatic rings. The van der Waals surface area contributed by atoms with Crippen LogP contribution < -0.4 is 10.1 Å². The molecule has 0 fully saturated rings. The van der Waals surface area contributed by atoms with Crippen LogP contribution in [0.25, 0.3) is 0 Å². The molecule has 0 heterocycles. The summed E-state index contributed by atoms with van der Waals surface area (Å²) < 4.78 is 5.75. The Hall–Kier alpha value is -1.26. The Morgan fingerprint density at radius 3 is 2.48 bits per heavy atom. The number of aliphatic hydroxyl groups is 1. The molecule has 2 aromatic carbocycles. The summed E-state index contributed by atoms with van der Waals surface area (Å²) >= 11 is 12.0. The molecule has 0 radical (unpaired) electrons. The fraction of sp³-hybridized carbons (Fsp3) is 0.333. The third kappa shape index (κ3) is 5.70. The van der Waals surface area contributed by atoms with Gasteiger partial charge < -0.3 is 15.2 Å². The smallest absolute Gasteiger partial charge is 0.119 e. The molecule has 2 aromatic rings. The molecule has 3 nitrogen and oxygen atoms in total. The van der Waals surface area contributed by atoms with E-state index in [-0.39, 0.29) is 12.6 Å². The maximum atomic E-state index is 9.16. The average Bonchev–Trinajstić information content (AvgIpc) is 2.56. The number of hydrogen-bond donors (Lipinski definition) is 2. The Morgan fingerprint density at radius 2 is 1.87 bits per heavy atom. The number of rotatable bonds is 8. The second kappa shape index (κ2) is 9.14. The molecule has 0 aromatic heterocycles. The SMILES string of the molecule is CCC(CO)NCc1ccc(OCc2ccc(Cl)cc2Cl)cc1. The van der Waals surface area contributed by atoms with Crippen molar-refractivity contribution in [3.63, 3.8) is 0 Å². The van der Waals surface area contributed by atoms with Gasteiger partial charge in [0.05, 0.1) is 6.61 Å².